The van der Waals surface area contributed by atoms with Gasteiger partial charge < -0.3 is 9.53 Å². The maximum Gasteiger partial charge on any atom is 0.303 e. The molecule has 1 heterocycles. The molecule has 2 aromatic carbocycles. The lowest BCUT2D eigenvalue weighted by Gasteiger charge is -2.25. The molecule has 8 nitrogen and oxygen atoms in total. The third-order valence-corrected chi connectivity index (χ3v) is 4.56. The minimum Gasteiger partial charge on any atom is -0.497 e. The number of aldehydes is 1. The van der Waals surface area contributed by atoms with Gasteiger partial charge in [0.1, 0.15) is 12.0 Å². The Hall–Kier alpha value is -3.55. The molecule has 0 aliphatic carbocycles. The fourth-order valence-corrected chi connectivity index (χ4v) is 3.25. The second-order valence-corrected chi connectivity index (χ2v) is 6.01. The van der Waals surface area contributed by atoms with Crippen LogP contribution in [0.4, 0.5) is 0 Å². The Kier molecular flexibility index (Phi) is 4.98. The number of carbonyl (C=O) groups is 3. The monoisotopic (exact) mass is 368 g/mol. The third-order valence-electron chi connectivity index (χ3n) is 4.56. The summed E-state index contributed by atoms with van der Waals surface area (Å²) in [7, 11) is 1.48. The van der Waals surface area contributed by atoms with Crippen LogP contribution >= 0.6 is 0 Å². The highest BCUT2D eigenvalue weighted by Crippen LogP contribution is 2.33. The number of fused-ring (bicyclic) bond motifs is 1. The lowest BCUT2D eigenvalue weighted by atomic mass is 9.92. The molecular formula is C19H16N2O6. The van der Waals surface area contributed by atoms with Gasteiger partial charge in [-0.1, -0.05) is 24.3 Å². The van der Waals surface area contributed by atoms with Gasteiger partial charge in [0.25, 0.3) is 11.8 Å². The smallest absolute Gasteiger partial charge is 0.303 e. The minimum atomic E-state index is -1.70. The van der Waals surface area contributed by atoms with E-state index in [1.54, 1.807) is 36.4 Å². The molecule has 138 valence electrons. The van der Waals surface area contributed by atoms with E-state index >= 15 is 0 Å². The number of methoxy groups -OCH3 is 1. The number of hydrogen-bond donors (Lipinski definition) is 0. The van der Waals surface area contributed by atoms with Crippen LogP contribution in [0.2, 0.25) is 0 Å². The first kappa shape index (κ1) is 18.2. The van der Waals surface area contributed by atoms with Gasteiger partial charge in [0, 0.05) is 11.3 Å². The lowest BCUT2D eigenvalue weighted by molar-refractivity contribution is -0.545. The van der Waals surface area contributed by atoms with E-state index in [2.05, 4.69) is 0 Å². The Morgan fingerprint density at radius 1 is 1.07 bits per heavy atom. The van der Waals surface area contributed by atoms with E-state index in [0.717, 1.165) is 0 Å². The van der Waals surface area contributed by atoms with Crippen LogP contribution in [0, 0.1) is 10.1 Å². The Bertz CT molecular complexity index is 874. The molecule has 3 rings (SSSR count). The zero-order chi connectivity index (χ0) is 19.6. The van der Waals surface area contributed by atoms with Crippen LogP contribution in [0.5, 0.6) is 5.75 Å². The number of nitro groups is 1. The van der Waals surface area contributed by atoms with Crippen LogP contribution in [0.15, 0.2) is 48.5 Å². The van der Waals surface area contributed by atoms with Gasteiger partial charge in [-0.3, -0.25) is 19.7 Å². The molecule has 2 atom stereocenters. The average Bonchev–Trinajstić information content (AvgIpc) is 2.93. The van der Waals surface area contributed by atoms with Crippen molar-refractivity contribution in [1.82, 2.24) is 4.90 Å². The zero-order valence-corrected chi connectivity index (χ0v) is 14.4. The molecule has 27 heavy (non-hydrogen) atoms. The molecule has 1 aliphatic rings. The summed E-state index contributed by atoms with van der Waals surface area (Å²) in [6.07, 6.45) is -1.37. The highest BCUT2D eigenvalue weighted by Gasteiger charge is 2.49. The van der Waals surface area contributed by atoms with Crippen molar-refractivity contribution in [2.24, 2.45) is 0 Å². The van der Waals surface area contributed by atoms with Gasteiger partial charge in [0.05, 0.1) is 24.2 Å². The van der Waals surface area contributed by atoms with Gasteiger partial charge in [0.2, 0.25) is 0 Å². The van der Waals surface area contributed by atoms with Gasteiger partial charge >= 0.3 is 6.17 Å². The molecule has 8 heteroatoms. The van der Waals surface area contributed by atoms with Gasteiger partial charge in [-0.2, -0.15) is 0 Å². The first-order valence-electron chi connectivity index (χ1n) is 8.17. The summed E-state index contributed by atoms with van der Waals surface area (Å²) < 4.78 is 5.07. The largest absolute Gasteiger partial charge is 0.497 e. The Labute approximate surface area is 154 Å². The molecule has 0 saturated heterocycles. The molecule has 0 N–H and O–H groups in total. The fraction of sp³-hybridized carbons (Fsp3) is 0.211. The molecule has 2 amide bonds. The van der Waals surface area contributed by atoms with Crippen LogP contribution in [-0.2, 0) is 4.79 Å². The Morgan fingerprint density at radius 3 is 2.07 bits per heavy atom. The predicted molar refractivity (Wildman–Crippen MR) is 94.1 cm³/mol. The molecule has 2 aromatic rings. The number of hydrogen-bond acceptors (Lipinski definition) is 6. The van der Waals surface area contributed by atoms with Crippen molar-refractivity contribution >= 4 is 18.1 Å². The number of amides is 2. The molecule has 0 unspecified atom stereocenters. The van der Waals surface area contributed by atoms with Gasteiger partial charge in [0.15, 0.2) is 0 Å². The normalized spacial score (nSPS) is 15.2. The predicted octanol–water partition coefficient (Wildman–Crippen LogP) is 2.27. The molecule has 0 saturated carbocycles. The van der Waals surface area contributed by atoms with E-state index in [9.17, 15) is 24.5 Å². The summed E-state index contributed by atoms with van der Waals surface area (Å²) in [6, 6.07) is 12.5. The van der Waals surface area contributed by atoms with Gasteiger partial charge in [-0.05, 0) is 29.8 Å². The van der Waals surface area contributed by atoms with Crippen LogP contribution in [0.25, 0.3) is 0 Å². The Morgan fingerprint density at radius 2 is 1.63 bits per heavy atom. The third kappa shape index (κ3) is 3.17. The van der Waals surface area contributed by atoms with E-state index < -0.39 is 28.8 Å². The topological polar surface area (TPSA) is 107 Å². The number of imide groups is 1. The van der Waals surface area contributed by atoms with Crippen molar-refractivity contribution in [2.45, 2.75) is 18.5 Å². The number of carbonyl (C=O) groups excluding carboxylic acids is 3. The minimum absolute atomic E-state index is 0.119. The van der Waals surface area contributed by atoms with Crippen LogP contribution in [0.3, 0.4) is 0 Å². The highest BCUT2D eigenvalue weighted by atomic mass is 16.6. The van der Waals surface area contributed by atoms with E-state index in [-0.39, 0.29) is 17.5 Å². The van der Waals surface area contributed by atoms with Crippen molar-refractivity contribution in [1.29, 1.82) is 0 Å². The van der Waals surface area contributed by atoms with Crippen LogP contribution in [-0.4, -0.2) is 41.2 Å². The molecule has 0 bridgehead atoms. The molecule has 0 spiro atoms. The van der Waals surface area contributed by atoms with E-state index in [0.29, 0.717) is 22.5 Å². The summed E-state index contributed by atoms with van der Waals surface area (Å²) in [5.74, 6) is -1.91. The lowest BCUT2D eigenvalue weighted by Crippen LogP contribution is -2.48. The molecular weight excluding hydrogens is 352 g/mol. The van der Waals surface area contributed by atoms with Crippen LogP contribution in [0.1, 0.15) is 38.6 Å². The summed E-state index contributed by atoms with van der Waals surface area (Å²) in [5.41, 5.74) is 0.698. The first-order chi connectivity index (χ1) is 13.0. The maximum absolute atomic E-state index is 12.7. The van der Waals surface area contributed by atoms with Crippen molar-refractivity contribution in [2.75, 3.05) is 7.11 Å². The van der Waals surface area contributed by atoms with Crippen molar-refractivity contribution in [3.05, 3.63) is 75.3 Å². The van der Waals surface area contributed by atoms with Crippen molar-refractivity contribution < 1.29 is 24.0 Å². The molecule has 0 aromatic heterocycles. The van der Waals surface area contributed by atoms with Crippen LogP contribution < -0.4 is 4.74 Å². The average molecular weight is 368 g/mol. The number of benzene rings is 2. The summed E-state index contributed by atoms with van der Waals surface area (Å²) in [6.45, 7) is 0. The zero-order valence-electron chi connectivity index (χ0n) is 14.4. The highest BCUT2D eigenvalue weighted by molar-refractivity contribution is 6.21. The fourth-order valence-electron chi connectivity index (χ4n) is 3.25. The van der Waals surface area contributed by atoms with Gasteiger partial charge in [-0.25, -0.2) is 4.90 Å². The Balaban J connectivity index is 2.05. The summed E-state index contributed by atoms with van der Waals surface area (Å²) in [5, 5.41) is 11.9. The summed E-state index contributed by atoms with van der Waals surface area (Å²) in [4.78, 5) is 48.4. The molecule has 0 radical (unpaired) electrons. The SMILES string of the molecule is COc1ccc([C@H](CC=O)[C@H](N2C(=O)c3ccccc3C2=O)[N+](=O)[O-])cc1. The number of ether oxygens (including phenoxy) is 1. The van der Waals surface area contributed by atoms with E-state index in [1.807, 2.05) is 0 Å². The standard InChI is InChI=1S/C19H16N2O6/c1-27-13-8-6-12(7-9-13)14(10-11-22)17(21(25)26)20-18(23)15-4-2-3-5-16(15)19(20)24/h2-9,11,14,17H,10H2,1H3/t14-,17+/m0/s1. The number of rotatable bonds is 7. The second kappa shape index (κ2) is 7.36. The van der Waals surface area contributed by atoms with Crippen molar-refractivity contribution in [3.63, 3.8) is 0 Å². The van der Waals surface area contributed by atoms with Gasteiger partial charge in [-0.15, -0.1) is 0 Å². The second-order valence-electron chi connectivity index (χ2n) is 6.01. The maximum atomic E-state index is 12.7. The van der Waals surface area contributed by atoms with E-state index in [1.165, 1.54) is 19.2 Å². The quantitative estimate of drug-likeness (QED) is 0.321. The van der Waals surface area contributed by atoms with E-state index in [4.69, 9.17) is 4.74 Å². The molecule has 0 fully saturated rings. The number of nitrogens with zero attached hydrogens (tertiary/aromatic N) is 2. The molecule has 1 aliphatic heterocycles. The first-order valence-corrected chi connectivity index (χ1v) is 8.17. The van der Waals surface area contributed by atoms with Crippen molar-refractivity contribution in [3.8, 4) is 5.75 Å². The summed E-state index contributed by atoms with van der Waals surface area (Å²) >= 11 is 0.